The van der Waals surface area contributed by atoms with E-state index in [1.165, 1.54) is 0 Å². The lowest BCUT2D eigenvalue weighted by Gasteiger charge is -2.11. The third-order valence-electron chi connectivity index (χ3n) is 2.79. The number of aliphatic hydroxyl groups is 1. The molecule has 0 bridgehead atoms. The molecule has 0 spiro atoms. The van der Waals surface area contributed by atoms with Crippen molar-refractivity contribution >= 4 is 22.2 Å². The van der Waals surface area contributed by atoms with Crippen LogP contribution in [0.3, 0.4) is 0 Å². The largest absolute Gasteiger partial charge is 0.383 e. The zero-order valence-electron chi connectivity index (χ0n) is 9.08. The third-order valence-corrected chi connectivity index (χ3v) is 3.71. The van der Waals surface area contributed by atoms with Gasteiger partial charge in [0.1, 0.15) is 6.10 Å². The summed E-state index contributed by atoms with van der Waals surface area (Å²) in [7, 11) is 0. The lowest BCUT2D eigenvalue weighted by atomic mass is 10.0. The summed E-state index contributed by atoms with van der Waals surface area (Å²) in [5, 5.41) is 13.3. The van der Waals surface area contributed by atoms with Crippen molar-refractivity contribution in [3.05, 3.63) is 64.5 Å². The normalized spacial score (nSPS) is 12.8. The van der Waals surface area contributed by atoms with Crippen LogP contribution >= 0.6 is 11.3 Å². The number of aromatic nitrogens is 1. The smallest absolute Gasteiger partial charge is 0.114 e. The molecular formula is C14H11NOS. The Morgan fingerprint density at radius 1 is 1.06 bits per heavy atom. The van der Waals surface area contributed by atoms with Crippen molar-refractivity contribution in [3.8, 4) is 0 Å². The molecule has 1 atom stereocenters. The number of hydrogen-bond donors (Lipinski definition) is 1. The van der Waals surface area contributed by atoms with Crippen molar-refractivity contribution < 1.29 is 5.11 Å². The minimum absolute atomic E-state index is 0.567. The van der Waals surface area contributed by atoms with Gasteiger partial charge in [0.2, 0.25) is 0 Å². The number of aliphatic hydroxyl groups excluding tert-OH is 1. The molecule has 2 heterocycles. The molecule has 1 aromatic carbocycles. The Morgan fingerprint density at radius 3 is 2.76 bits per heavy atom. The van der Waals surface area contributed by atoms with Crippen LogP contribution in [0.1, 0.15) is 16.5 Å². The Morgan fingerprint density at radius 2 is 1.94 bits per heavy atom. The summed E-state index contributed by atoms with van der Waals surface area (Å²) >= 11 is 1.56. The number of thiophene rings is 1. The van der Waals surface area contributed by atoms with Crippen LogP contribution in [-0.2, 0) is 0 Å². The van der Waals surface area contributed by atoms with Crippen molar-refractivity contribution in [2.24, 2.45) is 0 Å². The summed E-state index contributed by atoms with van der Waals surface area (Å²) in [5.74, 6) is 0. The summed E-state index contributed by atoms with van der Waals surface area (Å²) in [6.45, 7) is 0. The van der Waals surface area contributed by atoms with Gasteiger partial charge in [-0.1, -0.05) is 24.3 Å². The van der Waals surface area contributed by atoms with Crippen LogP contribution in [0.4, 0.5) is 0 Å². The van der Waals surface area contributed by atoms with E-state index in [1.807, 2.05) is 47.8 Å². The summed E-state index contributed by atoms with van der Waals surface area (Å²) in [6.07, 6.45) is 1.18. The first-order valence-electron chi connectivity index (χ1n) is 5.41. The second kappa shape index (κ2) is 4.28. The molecule has 3 aromatic rings. The van der Waals surface area contributed by atoms with Gasteiger partial charge in [0, 0.05) is 16.5 Å². The summed E-state index contributed by atoms with van der Waals surface area (Å²) < 4.78 is 0. The highest BCUT2D eigenvalue weighted by Gasteiger charge is 2.14. The minimum atomic E-state index is -0.567. The molecule has 84 valence electrons. The van der Waals surface area contributed by atoms with Gasteiger partial charge in [-0.05, 0) is 29.1 Å². The van der Waals surface area contributed by atoms with Gasteiger partial charge in [-0.3, -0.25) is 4.98 Å². The van der Waals surface area contributed by atoms with Crippen molar-refractivity contribution in [3.63, 3.8) is 0 Å². The monoisotopic (exact) mass is 241 g/mol. The molecule has 3 heteroatoms. The fraction of sp³-hybridized carbons (Fsp3) is 0.0714. The van der Waals surface area contributed by atoms with E-state index < -0.39 is 6.10 Å². The summed E-state index contributed by atoms with van der Waals surface area (Å²) in [6, 6.07) is 13.7. The second-order valence-electron chi connectivity index (χ2n) is 3.84. The highest BCUT2D eigenvalue weighted by atomic mass is 32.1. The maximum atomic E-state index is 10.4. The predicted molar refractivity (Wildman–Crippen MR) is 70.1 cm³/mol. The van der Waals surface area contributed by atoms with E-state index in [2.05, 4.69) is 4.98 Å². The second-order valence-corrected chi connectivity index (χ2v) is 4.81. The van der Waals surface area contributed by atoms with Crippen LogP contribution in [0.15, 0.2) is 54.0 Å². The molecule has 1 N–H and O–H groups in total. The Balaban J connectivity index is 2.17. The number of para-hydroxylation sites is 1. The number of pyridine rings is 1. The predicted octanol–water partition coefficient (Wildman–Crippen LogP) is 3.38. The first-order chi connectivity index (χ1) is 8.36. The fourth-order valence-corrected chi connectivity index (χ4v) is 2.68. The average molecular weight is 241 g/mol. The Labute approximate surface area is 103 Å². The van der Waals surface area contributed by atoms with Gasteiger partial charge in [0.25, 0.3) is 0 Å². The minimum Gasteiger partial charge on any atom is -0.383 e. The van der Waals surface area contributed by atoms with E-state index in [1.54, 1.807) is 17.5 Å². The molecule has 2 nitrogen and oxygen atoms in total. The zero-order valence-corrected chi connectivity index (χ0v) is 9.89. The van der Waals surface area contributed by atoms with Gasteiger partial charge in [-0.25, -0.2) is 0 Å². The van der Waals surface area contributed by atoms with Gasteiger partial charge in [0.05, 0.1) is 5.52 Å². The molecular weight excluding hydrogens is 230 g/mol. The molecule has 0 saturated carbocycles. The van der Waals surface area contributed by atoms with Gasteiger partial charge < -0.3 is 5.11 Å². The number of hydrogen-bond acceptors (Lipinski definition) is 3. The molecule has 3 rings (SSSR count). The van der Waals surface area contributed by atoms with Crippen LogP contribution in [0, 0.1) is 0 Å². The van der Waals surface area contributed by atoms with Crippen molar-refractivity contribution in [2.45, 2.75) is 6.10 Å². The standard InChI is InChI=1S/C14H11NOS/c16-14(13-6-3-9-17-13)11-7-8-15-12-5-2-1-4-10(11)12/h1-9,14,16H. The molecule has 17 heavy (non-hydrogen) atoms. The molecule has 0 fully saturated rings. The summed E-state index contributed by atoms with van der Waals surface area (Å²) in [4.78, 5) is 5.26. The number of nitrogens with zero attached hydrogens (tertiary/aromatic N) is 1. The molecule has 0 aliphatic rings. The first-order valence-corrected chi connectivity index (χ1v) is 6.29. The van der Waals surface area contributed by atoms with Crippen molar-refractivity contribution in [1.29, 1.82) is 0 Å². The van der Waals surface area contributed by atoms with Crippen LogP contribution in [0.5, 0.6) is 0 Å². The molecule has 0 radical (unpaired) electrons. The van der Waals surface area contributed by atoms with E-state index in [-0.39, 0.29) is 0 Å². The van der Waals surface area contributed by atoms with Gasteiger partial charge in [-0.2, -0.15) is 0 Å². The number of rotatable bonds is 2. The van der Waals surface area contributed by atoms with E-state index in [4.69, 9.17) is 0 Å². The Bertz CT molecular complexity index is 628. The van der Waals surface area contributed by atoms with E-state index in [0.29, 0.717) is 0 Å². The van der Waals surface area contributed by atoms with E-state index >= 15 is 0 Å². The molecule has 2 aromatic heterocycles. The SMILES string of the molecule is OC(c1cccs1)c1ccnc2ccccc12. The molecule has 0 saturated heterocycles. The lowest BCUT2D eigenvalue weighted by Crippen LogP contribution is -1.98. The topological polar surface area (TPSA) is 33.1 Å². The highest BCUT2D eigenvalue weighted by molar-refractivity contribution is 7.10. The quantitative estimate of drug-likeness (QED) is 0.746. The lowest BCUT2D eigenvalue weighted by molar-refractivity contribution is 0.225. The van der Waals surface area contributed by atoms with E-state index in [0.717, 1.165) is 21.3 Å². The van der Waals surface area contributed by atoms with E-state index in [9.17, 15) is 5.11 Å². The number of fused-ring (bicyclic) bond motifs is 1. The Hall–Kier alpha value is -1.71. The van der Waals surface area contributed by atoms with Crippen LogP contribution in [0.2, 0.25) is 0 Å². The van der Waals surface area contributed by atoms with Crippen LogP contribution < -0.4 is 0 Å². The third kappa shape index (κ3) is 1.84. The molecule has 1 unspecified atom stereocenters. The number of benzene rings is 1. The maximum absolute atomic E-state index is 10.4. The van der Waals surface area contributed by atoms with Crippen LogP contribution in [0.25, 0.3) is 10.9 Å². The maximum Gasteiger partial charge on any atom is 0.114 e. The van der Waals surface area contributed by atoms with Crippen LogP contribution in [-0.4, -0.2) is 10.1 Å². The Kier molecular flexibility index (Phi) is 2.63. The van der Waals surface area contributed by atoms with Gasteiger partial charge >= 0.3 is 0 Å². The van der Waals surface area contributed by atoms with Crippen molar-refractivity contribution in [2.75, 3.05) is 0 Å². The first kappa shape index (κ1) is 10.4. The molecule has 0 amide bonds. The van der Waals surface area contributed by atoms with Crippen molar-refractivity contribution in [1.82, 2.24) is 4.98 Å². The molecule has 0 aliphatic carbocycles. The highest BCUT2D eigenvalue weighted by Crippen LogP contribution is 2.29. The van der Waals surface area contributed by atoms with Gasteiger partial charge in [-0.15, -0.1) is 11.3 Å². The fourth-order valence-electron chi connectivity index (χ4n) is 1.96. The average Bonchev–Trinajstić information content (AvgIpc) is 2.91. The van der Waals surface area contributed by atoms with Gasteiger partial charge in [0.15, 0.2) is 0 Å². The summed E-state index contributed by atoms with van der Waals surface area (Å²) in [5.41, 5.74) is 1.83. The molecule has 0 aliphatic heterocycles. The zero-order chi connectivity index (χ0) is 11.7.